The molecule has 1 spiro atoms. The molecule has 0 amide bonds. The van der Waals surface area contributed by atoms with Crippen LogP contribution in [0.2, 0.25) is 0 Å². The zero-order valence-electron chi connectivity index (χ0n) is 17.7. The molecule has 0 aromatic heterocycles. The number of carbonyl (C=O) groups is 3. The number of rotatable bonds is 4. The Kier molecular flexibility index (Phi) is 5.30. The normalized spacial score (nSPS) is 42.9. The molecule has 3 rings (SSSR count). The van der Waals surface area contributed by atoms with Gasteiger partial charge in [-0.1, -0.05) is 0 Å². The third-order valence-electron chi connectivity index (χ3n) is 6.54. The summed E-state index contributed by atoms with van der Waals surface area (Å²) >= 11 is 0. The summed E-state index contributed by atoms with van der Waals surface area (Å²) in [6.07, 6.45) is -3.38. The fraction of sp³-hybridized carbons (Fsp3) is 0.750. The lowest BCUT2D eigenvalue weighted by Crippen LogP contribution is -2.81. The third-order valence-corrected chi connectivity index (χ3v) is 6.54. The van der Waals surface area contributed by atoms with Crippen LogP contribution < -0.4 is 0 Å². The molecular formula is C20H28O10. The summed E-state index contributed by atoms with van der Waals surface area (Å²) in [6, 6.07) is 0. The minimum absolute atomic E-state index is 0.0177. The second-order valence-corrected chi connectivity index (χ2v) is 8.70. The van der Waals surface area contributed by atoms with Crippen LogP contribution in [0.3, 0.4) is 0 Å². The second-order valence-electron chi connectivity index (χ2n) is 8.70. The van der Waals surface area contributed by atoms with Crippen LogP contribution in [-0.4, -0.2) is 81.6 Å². The molecule has 1 heterocycles. The monoisotopic (exact) mass is 428 g/mol. The Labute approximate surface area is 173 Å². The maximum Gasteiger partial charge on any atom is 0.337 e. The van der Waals surface area contributed by atoms with Crippen molar-refractivity contribution in [3.8, 4) is 0 Å². The van der Waals surface area contributed by atoms with E-state index in [-0.39, 0.29) is 37.0 Å². The summed E-state index contributed by atoms with van der Waals surface area (Å²) in [7, 11) is 1.35. The lowest BCUT2D eigenvalue weighted by Gasteiger charge is -2.63. The molecule has 168 valence electrons. The van der Waals surface area contributed by atoms with Gasteiger partial charge in [0.15, 0.2) is 11.2 Å². The highest BCUT2D eigenvalue weighted by molar-refractivity contribution is 5.95. The Morgan fingerprint density at radius 1 is 1.17 bits per heavy atom. The van der Waals surface area contributed by atoms with Gasteiger partial charge in [-0.2, -0.15) is 0 Å². The summed E-state index contributed by atoms with van der Waals surface area (Å²) in [6.45, 7) is 4.86. The van der Waals surface area contributed by atoms with Crippen molar-refractivity contribution < 1.29 is 48.7 Å². The summed E-state index contributed by atoms with van der Waals surface area (Å²) in [4.78, 5) is 36.6. The molecule has 0 aromatic carbocycles. The van der Waals surface area contributed by atoms with Gasteiger partial charge in [0.25, 0.3) is 0 Å². The van der Waals surface area contributed by atoms with Gasteiger partial charge in [0.1, 0.15) is 17.8 Å². The van der Waals surface area contributed by atoms with Gasteiger partial charge in [-0.25, -0.2) is 4.79 Å². The summed E-state index contributed by atoms with van der Waals surface area (Å²) < 4.78 is 21.7. The number of ether oxygens (including phenoxy) is 4. The van der Waals surface area contributed by atoms with Crippen LogP contribution in [0, 0.1) is 0 Å². The van der Waals surface area contributed by atoms with Crippen molar-refractivity contribution in [1.82, 2.24) is 0 Å². The number of aliphatic hydroxyl groups excluding tert-OH is 1. The number of hydrogen-bond acceptors (Lipinski definition) is 10. The highest BCUT2D eigenvalue weighted by atomic mass is 16.6. The lowest BCUT2D eigenvalue weighted by molar-refractivity contribution is -0.322. The first-order valence-electron chi connectivity index (χ1n) is 9.71. The Morgan fingerprint density at radius 2 is 1.80 bits per heavy atom. The molecule has 0 aromatic rings. The van der Waals surface area contributed by atoms with Gasteiger partial charge < -0.3 is 34.3 Å². The topological polar surface area (TPSA) is 149 Å². The van der Waals surface area contributed by atoms with Gasteiger partial charge >= 0.3 is 17.9 Å². The van der Waals surface area contributed by atoms with E-state index in [1.807, 2.05) is 0 Å². The smallest absolute Gasteiger partial charge is 0.337 e. The van der Waals surface area contributed by atoms with Crippen LogP contribution in [0.4, 0.5) is 0 Å². The molecule has 1 aliphatic heterocycles. The van der Waals surface area contributed by atoms with Crippen LogP contribution in [0.25, 0.3) is 0 Å². The number of esters is 3. The van der Waals surface area contributed by atoms with Crippen molar-refractivity contribution >= 4 is 17.9 Å². The van der Waals surface area contributed by atoms with Crippen molar-refractivity contribution in [3.05, 3.63) is 11.1 Å². The van der Waals surface area contributed by atoms with Crippen LogP contribution >= 0.6 is 0 Å². The quantitative estimate of drug-likeness (QED) is 0.396. The first-order chi connectivity index (χ1) is 13.8. The SMILES string of the molecule is COCC1=C2[C@@H](OC(C)=O)C[C@@](C)(OC(C)=O)[C@@]3(O)CC[C@@](C)(O)[C@H](O)[C@@]23OC1=O. The van der Waals surface area contributed by atoms with Gasteiger partial charge in [0.05, 0.1) is 17.8 Å². The van der Waals surface area contributed by atoms with Crippen molar-refractivity contribution in [2.45, 2.75) is 81.6 Å². The van der Waals surface area contributed by atoms with Crippen molar-refractivity contribution in [2.24, 2.45) is 0 Å². The standard InChI is InChI=1S/C20H28O10/c1-10(21)28-13-8-18(4,29-11(2)22)19(26)7-6-17(3,25)16(24)20(19)14(13)12(9-27-5)15(23)30-20/h13,16,24-26H,6-9H2,1-5H3/t13-,16-,17+,18+,19-,20-/m0/s1. The molecule has 10 heteroatoms. The summed E-state index contributed by atoms with van der Waals surface area (Å²) in [5, 5.41) is 34.0. The molecule has 0 unspecified atom stereocenters. The maximum absolute atomic E-state index is 12.8. The minimum atomic E-state index is -2.21. The highest BCUT2D eigenvalue weighted by Gasteiger charge is 2.80. The number of carbonyl (C=O) groups excluding carboxylic acids is 3. The molecule has 0 bridgehead atoms. The van der Waals surface area contributed by atoms with E-state index in [0.717, 1.165) is 13.8 Å². The van der Waals surface area contributed by atoms with E-state index in [0.29, 0.717) is 0 Å². The van der Waals surface area contributed by atoms with E-state index in [1.54, 1.807) is 0 Å². The average molecular weight is 428 g/mol. The van der Waals surface area contributed by atoms with E-state index in [1.165, 1.54) is 21.0 Å². The zero-order valence-corrected chi connectivity index (χ0v) is 17.7. The molecule has 0 radical (unpaired) electrons. The molecule has 2 aliphatic carbocycles. The largest absolute Gasteiger partial charge is 0.458 e. The van der Waals surface area contributed by atoms with Gasteiger partial charge in [-0.3, -0.25) is 9.59 Å². The van der Waals surface area contributed by atoms with Crippen LogP contribution in [0.5, 0.6) is 0 Å². The number of aliphatic hydroxyl groups is 3. The first-order valence-corrected chi connectivity index (χ1v) is 9.71. The third kappa shape index (κ3) is 2.89. The van der Waals surface area contributed by atoms with Crippen molar-refractivity contribution in [3.63, 3.8) is 0 Å². The van der Waals surface area contributed by atoms with Crippen LogP contribution in [-0.2, 0) is 33.3 Å². The average Bonchev–Trinajstić information content (AvgIpc) is 2.89. The first kappa shape index (κ1) is 22.7. The van der Waals surface area contributed by atoms with E-state index >= 15 is 0 Å². The van der Waals surface area contributed by atoms with Gasteiger partial charge in [-0.15, -0.1) is 0 Å². The Morgan fingerprint density at radius 3 is 2.33 bits per heavy atom. The molecule has 2 fully saturated rings. The molecule has 6 atom stereocenters. The van der Waals surface area contributed by atoms with Gasteiger partial charge in [0.2, 0.25) is 0 Å². The van der Waals surface area contributed by atoms with Crippen LogP contribution in [0.1, 0.15) is 47.0 Å². The fourth-order valence-electron chi connectivity index (χ4n) is 5.27. The van der Waals surface area contributed by atoms with Crippen molar-refractivity contribution in [2.75, 3.05) is 13.7 Å². The molecule has 10 nitrogen and oxygen atoms in total. The Balaban J connectivity index is 2.34. The fourth-order valence-corrected chi connectivity index (χ4v) is 5.27. The number of hydrogen-bond donors (Lipinski definition) is 3. The van der Waals surface area contributed by atoms with Crippen molar-refractivity contribution in [1.29, 1.82) is 0 Å². The Hall–Kier alpha value is -2.01. The van der Waals surface area contributed by atoms with E-state index in [2.05, 4.69) is 0 Å². The predicted octanol–water partition coefficient (Wildman–Crippen LogP) is -0.481. The highest BCUT2D eigenvalue weighted by Crippen LogP contribution is 2.62. The van der Waals surface area contributed by atoms with E-state index in [9.17, 15) is 29.7 Å². The van der Waals surface area contributed by atoms with Gasteiger partial charge in [-0.05, 0) is 26.7 Å². The zero-order chi connectivity index (χ0) is 22.7. The minimum Gasteiger partial charge on any atom is -0.458 e. The molecule has 3 aliphatic rings. The van der Waals surface area contributed by atoms with E-state index in [4.69, 9.17) is 18.9 Å². The number of methoxy groups -OCH3 is 1. The molecule has 2 saturated carbocycles. The second kappa shape index (κ2) is 7.01. The predicted molar refractivity (Wildman–Crippen MR) is 98.9 cm³/mol. The summed E-state index contributed by atoms with van der Waals surface area (Å²) in [5.41, 5.74) is -7.78. The Bertz CT molecular complexity index is 816. The van der Waals surface area contributed by atoms with E-state index < -0.39 is 52.5 Å². The molecular weight excluding hydrogens is 400 g/mol. The lowest BCUT2D eigenvalue weighted by atomic mass is 9.51. The van der Waals surface area contributed by atoms with Crippen LogP contribution in [0.15, 0.2) is 11.1 Å². The molecule has 30 heavy (non-hydrogen) atoms. The summed E-state index contributed by atoms with van der Waals surface area (Å²) in [5.74, 6) is -2.29. The molecule has 3 N–H and O–H groups in total. The van der Waals surface area contributed by atoms with Gasteiger partial charge in [0, 0.05) is 33.0 Å². The maximum atomic E-state index is 12.8. The molecule has 0 saturated heterocycles.